The average Bonchev–Trinajstić information content (AvgIpc) is 2.71. The van der Waals surface area contributed by atoms with Crippen LogP contribution < -0.4 is 19.6 Å². The van der Waals surface area contributed by atoms with Crippen molar-refractivity contribution in [2.75, 3.05) is 28.4 Å². The Labute approximate surface area is 158 Å². The fourth-order valence-corrected chi connectivity index (χ4v) is 2.86. The van der Waals surface area contributed by atoms with Crippen LogP contribution in [0.25, 0.3) is 11.3 Å². The summed E-state index contributed by atoms with van der Waals surface area (Å²) < 4.78 is 25.9. The van der Waals surface area contributed by atoms with Crippen LogP contribution in [-0.2, 0) is 4.74 Å². The fraction of sp³-hybridized carbons (Fsp3) is 0.211. The number of benzene rings is 1. The van der Waals surface area contributed by atoms with Crippen LogP contribution >= 0.6 is 0 Å². The van der Waals surface area contributed by atoms with Gasteiger partial charge < -0.3 is 28.5 Å². The van der Waals surface area contributed by atoms with E-state index in [-0.39, 0.29) is 11.5 Å². The van der Waals surface area contributed by atoms with Crippen molar-refractivity contribution in [2.24, 2.45) is 0 Å². The third-order valence-corrected chi connectivity index (χ3v) is 4.19. The number of Topliss-reactive ketones (excluding diaryl/α,β-unsaturated/α-hetero) is 2. The summed E-state index contributed by atoms with van der Waals surface area (Å²) in [5.41, 5.74) is -1.18. The molecule has 2 aromatic rings. The highest BCUT2D eigenvalue weighted by atomic mass is 16.5. The van der Waals surface area contributed by atoms with E-state index < -0.39 is 39.8 Å². The van der Waals surface area contributed by atoms with Gasteiger partial charge in [-0.2, -0.15) is 0 Å². The molecule has 0 amide bonds. The first-order valence-electron chi connectivity index (χ1n) is 7.93. The molecule has 0 fully saturated rings. The minimum Gasteiger partial charge on any atom is -0.501 e. The zero-order chi connectivity index (χ0) is 20.6. The Morgan fingerprint density at radius 3 is 2.07 bits per heavy atom. The van der Waals surface area contributed by atoms with Gasteiger partial charge in [-0.15, -0.1) is 0 Å². The quantitative estimate of drug-likeness (QED) is 0.821. The summed E-state index contributed by atoms with van der Waals surface area (Å²) in [5, 5.41) is 9.89. The zero-order valence-corrected chi connectivity index (χ0v) is 15.4. The molecule has 0 aliphatic heterocycles. The number of allylic oxidation sites excluding steroid dienone is 2. The van der Waals surface area contributed by atoms with Gasteiger partial charge >= 0.3 is 0 Å². The van der Waals surface area contributed by atoms with Gasteiger partial charge in [0.25, 0.3) is 5.78 Å². The lowest BCUT2D eigenvalue weighted by Crippen LogP contribution is -2.30. The molecule has 0 bridgehead atoms. The van der Waals surface area contributed by atoms with Crippen molar-refractivity contribution in [1.29, 1.82) is 0 Å². The maximum Gasteiger partial charge on any atom is 0.267 e. The van der Waals surface area contributed by atoms with Gasteiger partial charge in [-0.25, -0.2) is 0 Å². The third kappa shape index (κ3) is 2.68. The second kappa shape index (κ2) is 7.10. The normalized spacial score (nSPS) is 13.3. The molecule has 3 rings (SSSR count). The lowest BCUT2D eigenvalue weighted by atomic mass is 9.96. The van der Waals surface area contributed by atoms with Crippen LogP contribution in [0.3, 0.4) is 0 Å². The monoisotopic (exact) mass is 388 g/mol. The van der Waals surface area contributed by atoms with Gasteiger partial charge in [0.15, 0.2) is 23.0 Å². The Kier molecular flexibility index (Phi) is 4.83. The van der Waals surface area contributed by atoms with Crippen LogP contribution in [0, 0.1) is 0 Å². The van der Waals surface area contributed by atoms with Crippen molar-refractivity contribution in [2.45, 2.75) is 0 Å². The summed E-state index contributed by atoms with van der Waals surface area (Å²) in [4.78, 5) is 37.7. The smallest absolute Gasteiger partial charge is 0.267 e. The molecule has 0 spiro atoms. The van der Waals surface area contributed by atoms with E-state index in [9.17, 15) is 19.5 Å². The molecule has 9 nitrogen and oxygen atoms in total. The molecular formula is C19H16O9. The van der Waals surface area contributed by atoms with Crippen LogP contribution in [0.15, 0.2) is 38.9 Å². The number of ether oxygens (including phenoxy) is 4. The molecule has 0 saturated heterocycles. The van der Waals surface area contributed by atoms with Gasteiger partial charge in [-0.3, -0.25) is 14.4 Å². The second-order valence-electron chi connectivity index (χ2n) is 5.61. The van der Waals surface area contributed by atoms with Gasteiger partial charge in [0.2, 0.25) is 28.5 Å². The standard InChI is InChI=1S/C19H16O9/c1-24-9-6-5-8(7-10(9)25-2)16-19(27-4)13(21)11-12(20)14(22)18(26-3)15(23)17(11)28-16/h5-7,22H,1-4H3. The Bertz CT molecular complexity index is 1080. The number of rotatable bonds is 5. The van der Waals surface area contributed by atoms with Crippen molar-refractivity contribution in [3.63, 3.8) is 0 Å². The third-order valence-electron chi connectivity index (χ3n) is 4.19. The minimum atomic E-state index is -1.09. The van der Waals surface area contributed by atoms with E-state index in [4.69, 9.17) is 23.4 Å². The maximum absolute atomic E-state index is 12.8. The highest BCUT2D eigenvalue weighted by Gasteiger charge is 2.40. The molecule has 1 N–H and O–H groups in total. The number of carbonyl (C=O) groups excluding carboxylic acids is 2. The molecule has 0 radical (unpaired) electrons. The molecule has 1 heterocycles. The first-order chi connectivity index (χ1) is 13.4. The van der Waals surface area contributed by atoms with Crippen LogP contribution in [0.5, 0.6) is 17.2 Å². The molecule has 0 unspecified atom stereocenters. The summed E-state index contributed by atoms with van der Waals surface area (Å²) in [5.74, 6) is -3.75. The lowest BCUT2D eigenvalue weighted by Gasteiger charge is -2.18. The van der Waals surface area contributed by atoms with Crippen LogP contribution in [-0.4, -0.2) is 45.1 Å². The van der Waals surface area contributed by atoms with Gasteiger partial charge in [0.05, 0.1) is 28.4 Å². The van der Waals surface area contributed by atoms with E-state index >= 15 is 0 Å². The van der Waals surface area contributed by atoms with Crippen molar-refractivity contribution in [3.8, 4) is 28.6 Å². The molecule has 28 heavy (non-hydrogen) atoms. The number of aliphatic hydroxyl groups excluding tert-OH is 1. The van der Waals surface area contributed by atoms with E-state index in [1.165, 1.54) is 27.4 Å². The minimum absolute atomic E-state index is 0.0924. The second-order valence-corrected chi connectivity index (χ2v) is 5.61. The van der Waals surface area contributed by atoms with Crippen molar-refractivity contribution < 1.29 is 38.1 Å². The van der Waals surface area contributed by atoms with E-state index in [1.807, 2.05) is 0 Å². The fourth-order valence-electron chi connectivity index (χ4n) is 2.86. The predicted octanol–water partition coefficient (Wildman–Crippen LogP) is 2.13. The van der Waals surface area contributed by atoms with E-state index in [0.717, 1.165) is 7.11 Å². The first kappa shape index (κ1) is 19.0. The van der Waals surface area contributed by atoms with Gasteiger partial charge in [0.1, 0.15) is 5.56 Å². The molecule has 1 aliphatic carbocycles. The van der Waals surface area contributed by atoms with E-state index in [0.29, 0.717) is 17.1 Å². The Hall–Kier alpha value is -3.75. The molecular weight excluding hydrogens is 372 g/mol. The van der Waals surface area contributed by atoms with Crippen LogP contribution in [0.4, 0.5) is 0 Å². The van der Waals surface area contributed by atoms with Crippen molar-refractivity contribution in [1.82, 2.24) is 0 Å². The molecule has 146 valence electrons. The molecule has 9 heteroatoms. The highest BCUT2D eigenvalue weighted by Crippen LogP contribution is 2.37. The molecule has 1 aromatic heterocycles. The van der Waals surface area contributed by atoms with Gasteiger partial charge in [-0.05, 0) is 18.2 Å². The zero-order valence-electron chi connectivity index (χ0n) is 15.4. The number of methoxy groups -OCH3 is 4. The highest BCUT2D eigenvalue weighted by molar-refractivity contribution is 6.24. The summed E-state index contributed by atoms with van der Waals surface area (Å²) >= 11 is 0. The number of hydrogen-bond donors (Lipinski definition) is 1. The van der Waals surface area contributed by atoms with Gasteiger partial charge in [-0.1, -0.05) is 0 Å². The number of hydrogen-bond acceptors (Lipinski definition) is 9. The molecule has 0 atom stereocenters. The number of aliphatic hydroxyl groups is 1. The lowest BCUT2D eigenvalue weighted by molar-refractivity contribution is 0.0828. The predicted molar refractivity (Wildman–Crippen MR) is 95.4 cm³/mol. The molecule has 1 aliphatic rings. The van der Waals surface area contributed by atoms with Crippen LogP contribution in [0.2, 0.25) is 0 Å². The Morgan fingerprint density at radius 1 is 0.821 bits per heavy atom. The number of fused-ring (bicyclic) bond motifs is 1. The summed E-state index contributed by atoms with van der Waals surface area (Å²) in [7, 11) is 5.22. The van der Waals surface area contributed by atoms with E-state index in [2.05, 4.69) is 0 Å². The molecule has 1 aromatic carbocycles. The SMILES string of the molecule is COC1=C(O)C(=O)c2c(oc(-c3ccc(OC)c(OC)c3)c(OC)c2=O)C1=O. The maximum atomic E-state index is 12.8. The van der Waals surface area contributed by atoms with Gasteiger partial charge in [0, 0.05) is 5.56 Å². The van der Waals surface area contributed by atoms with Crippen molar-refractivity contribution in [3.05, 3.63) is 51.3 Å². The topological polar surface area (TPSA) is 122 Å². The Balaban J connectivity index is 2.32. The summed E-state index contributed by atoms with van der Waals surface area (Å²) in [6, 6.07) is 4.66. The number of ketones is 2. The van der Waals surface area contributed by atoms with Crippen molar-refractivity contribution >= 4 is 11.6 Å². The van der Waals surface area contributed by atoms with Crippen LogP contribution in [0.1, 0.15) is 20.9 Å². The Morgan fingerprint density at radius 2 is 1.50 bits per heavy atom. The largest absolute Gasteiger partial charge is 0.501 e. The average molecular weight is 388 g/mol. The summed E-state index contributed by atoms with van der Waals surface area (Å²) in [6.07, 6.45) is 0. The summed E-state index contributed by atoms with van der Waals surface area (Å²) in [6.45, 7) is 0. The number of carbonyl (C=O) groups is 2. The van der Waals surface area contributed by atoms with E-state index in [1.54, 1.807) is 12.1 Å². The first-order valence-corrected chi connectivity index (χ1v) is 7.93. The molecule has 0 saturated carbocycles.